The third-order valence-electron chi connectivity index (χ3n) is 4.87. The number of hydrogen-bond acceptors (Lipinski definition) is 4. The molecular formula is C14H26N2O3. The second-order valence-electron chi connectivity index (χ2n) is 6.23. The Bertz CT molecular complexity index is 346. The quantitative estimate of drug-likeness (QED) is 0.720. The lowest BCUT2D eigenvalue weighted by Gasteiger charge is -2.65. The summed E-state index contributed by atoms with van der Waals surface area (Å²) < 4.78 is 10.8. The lowest BCUT2D eigenvalue weighted by Crippen LogP contribution is -2.82. The molecule has 0 radical (unpaired) electrons. The van der Waals surface area contributed by atoms with Crippen LogP contribution in [0.2, 0.25) is 0 Å². The molecule has 3 N–H and O–H groups in total. The topological polar surface area (TPSA) is 73.6 Å². The van der Waals surface area contributed by atoms with Crippen LogP contribution in [0, 0.1) is 11.3 Å². The van der Waals surface area contributed by atoms with Gasteiger partial charge >= 0.3 is 0 Å². The summed E-state index contributed by atoms with van der Waals surface area (Å²) in [5.74, 6) is 0.110. The minimum absolute atomic E-state index is 0.0413. The van der Waals surface area contributed by atoms with Gasteiger partial charge in [0, 0.05) is 38.2 Å². The first-order valence-electron chi connectivity index (χ1n) is 7.14. The number of ether oxygens (including phenoxy) is 2. The van der Waals surface area contributed by atoms with Gasteiger partial charge in [-0.15, -0.1) is 0 Å². The molecule has 1 heterocycles. The van der Waals surface area contributed by atoms with E-state index in [4.69, 9.17) is 15.2 Å². The van der Waals surface area contributed by atoms with Crippen LogP contribution in [-0.4, -0.2) is 44.4 Å². The second-order valence-corrected chi connectivity index (χ2v) is 6.23. The van der Waals surface area contributed by atoms with E-state index in [1.54, 1.807) is 7.11 Å². The zero-order valence-corrected chi connectivity index (χ0v) is 12.2. The van der Waals surface area contributed by atoms with Crippen LogP contribution in [0.3, 0.4) is 0 Å². The second kappa shape index (κ2) is 5.38. The van der Waals surface area contributed by atoms with Crippen molar-refractivity contribution >= 4 is 5.91 Å². The van der Waals surface area contributed by atoms with Crippen LogP contribution in [-0.2, 0) is 14.3 Å². The van der Waals surface area contributed by atoms with Crippen LogP contribution in [0.4, 0.5) is 0 Å². The Balaban J connectivity index is 1.98. The molecule has 5 nitrogen and oxygen atoms in total. The van der Waals surface area contributed by atoms with Gasteiger partial charge in [0.1, 0.15) is 5.54 Å². The summed E-state index contributed by atoms with van der Waals surface area (Å²) in [6.07, 6.45) is 2.91. The number of nitrogens with one attached hydrogen (secondary N) is 1. The number of rotatable bonds is 5. The molecule has 1 saturated heterocycles. The van der Waals surface area contributed by atoms with Gasteiger partial charge in [-0.2, -0.15) is 0 Å². The highest BCUT2D eigenvalue weighted by Crippen LogP contribution is 2.57. The number of hydrogen-bond donors (Lipinski definition) is 2. The summed E-state index contributed by atoms with van der Waals surface area (Å²) >= 11 is 0. The zero-order valence-electron chi connectivity index (χ0n) is 12.2. The van der Waals surface area contributed by atoms with Gasteiger partial charge in [-0.05, 0) is 19.3 Å². The Kier molecular flexibility index (Phi) is 4.18. The van der Waals surface area contributed by atoms with E-state index in [9.17, 15) is 4.79 Å². The van der Waals surface area contributed by atoms with Crippen molar-refractivity contribution in [3.8, 4) is 0 Å². The molecule has 0 aromatic heterocycles. The van der Waals surface area contributed by atoms with E-state index in [1.165, 1.54) is 0 Å². The Morgan fingerprint density at radius 1 is 1.53 bits per heavy atom. The molecule has 5 heteroatoms. The monoisotopic (exact) mass is 270 g/mol. The van der Waals surface area contributed by atoms with Crippen molar-refractivity contribution in [1.29, 1.82) is 0 Å². The molecule has 2 aliphatic rings. The molecule has 19 heavy (non-hydrogen) atoms. The molecular weight excluding hydrogens is 244 g/mol. The predicted octanol–water partition coefficient (Wildman–Crippen LogP) is 0.672. The summed E-state index contributed by atoms with van der Waals surface area (Å²) in [5, 5.41) is 2.95. The summed E-state index contributed by atoms with van der Waals surface area (Å²) in [6, 6.07) is 0. The third kappa shape index (κ3) is 2.18. The maximum absolute atomic E-state index is 12.4. The van der Waals surface area contributed by atoms with Crippen molar-refractivity contribution in [1.82, 2.24) is 5.32 Å². The van der Waals surface area contributed by atoms with Crippen molar-refractivity contribution in [2.24, 2.45) is 17.1 Å². The van der Waals surface area contributed by atoms with Gasteiger partial charge in [0.25, 0.3) is 0 Å². The van der Waals surface area contributed by atoms with Gasteiger partial charge in [-0.25, -0.2) is 0 Å². The van der Waals surface area contributed by atoms with Crippen molar-refractivity contribution < 1.29 is 14.3 Å². The lowest BCUT2D eigenvalue weighted by molar-refractivity contribution is -0.225. The molecule has 2 fully saturated rings. The van der Waals surface area contributed by atoms with E-state index in [2.05, 4.69) is 5.32 Å². The molecule has 0 aromatic carbocycles. The minimum Gasteiger partial charge on any atom is -0.385 e. The Hall–Kier alpha value is -0.650. The van der Waals surface area contributed by atoms with E-state index in [1.807, 2.05) is 13.8 Å². The molecule has 1 amide bonds. The van der Waals surface area contributed by atoms with E-state index >= 15 is 0 Å². The van der Waals surface area contributed by atoms with Crippen molar-refractivity contribution in [2.75, 3.05) is 26.9 Å². The standard InChI is InChI=1S/C14H26N2O3/c1-13(2)11-10(6-4-9-19-11)14(13,15)12(17)16-7-5-8-18-3/h10-11H,4-9,15H2,1-3H3,(H,16,17). The molecule has 0 spiro atoms. The van der Waals surface area contributed by atoms with Crippen LogP contribution in [0.15, 0.2) is 0 Å². The normalized spacial score (nSPS) is 36.2. The first kappa shape index (κ1) is 14.8. The first-order valence-corrected chi connectivity index (χ1v) is 7.14. The maximum atomic E-state index is 12.4. The fourth-order valence-electron chi connectivity index (χ4n) is 3.60. The van der Waals surface area contributed by atoms with E-state index in [-0.39, 0.29) is 23.3 Å². The molecule has 1 saturated carbocycles. The van der Waals surface area contributed by atoms with Crippen molar-refractivity contribution in [3.05, 3.63) is 0 Å². The highest BCUT2D eigenvalue weighted by molar-refractivity contribution is 5.89. The number of amides is 1. The number of methoxy groups -OCH3 is 1. The maximum Gasteiger partial charge on any atom is 0.241 e. The third-order valence-corrected chi connectivity index (χ3v) is 4.87. The molecule has 3 unspecified atom stereocenters. The van der Waals surface area contributed by atoms with Gasteiger partial charge < -0.3 is 20.5 Å². The average molecular weight is 270 g/mol. The molecule has 1 aliphatic carbocycles. The van der Waals surface area contributed by atoms with Crippen molar-refractivity contribution in [3.63, 3.8) is 0 Å². The summed E-state index contributed by atoms with van der Waals surface area (Å²) in [6.45, 7) is 6.12. The molecule has 2 rings (SSSR count). The van der Waals surface area contributed by atoms with Gasteiger partial charge in [0.2, 0.25) is 5.91 Å². The molecule has 0 aromatic rings. The Labute approximate surface area is 115 Å². The van der Waals surface area contributed by atoms with E-state index < -0.39 is 5.54 Å². The zero-order chi connectivity index (χ0) is 14.1. The first-order chi connectivity index (χ1) is 8.96. The molecule has 1 aliphatic heterocycles. The van der Waals surface area contributed by atoms with Crippen LogP contribution in [0.1, 0.15) is 33.1 Å². The number of fused-ring (bicyclic) bond motifs is 1. The molecule has 110 valence electrons. The highest BCUT2D eigenvalue weighted by Gasteiger charge is 2.70. The fourth-order valence-corrected chi connectivity index (χ4v) is 3.60. The Morgan fingerprint density at radius 3 is 2.95 bits per heavy atom. The fraction of sp³-hybridized carbons (Fsp3) is 0.929. The SMILES string of the molecule is COCCCNC(=O)C1(N)C2CCCOC2C1(C)C. The number of carbonyl (C=O) groups excluding carboxylic acids is 1. The van der Waals surface area contributed by atoms with E-state index in [0.717, 1.165) is 25.9 Å². The van der Waals surface area contributed by atoms with Crippen molar-refractivity contribution in [2.45, 2.75) is 44.8 Å². The predicted molar refractivity (Wildman–Crippen MR) is 72.7 cm³/mol. The summed E-state index contributed by atoms with van der Waals surface area (Å²) in [4.78, 5) is 12.4. The number of carbonyl (C=O) groups is 1. The van der Waals surface area contributed by atoms with Crippen LogP contribution in [0.5, 0.6) is 0 Å². The van der Waals surface area contributed by atoms with Gasteiger partial charge in [0.15, 0.2) is 0 Å². The lowest BCUT2D eigenvalue weighted by atomic mass is 9.46. The Morgan fingerprint density at radius 2 is 2.26 bits per heavy atom. The number of nitrogens with two attached hydrogens (primary N) is 1. The van der Waals surface area contributed by atoms with Crippen LogP contribution < -0.4 is 11.1 Å². The minimum atomic E-state index is -0.800. The van der Waals surface area contributed by atoms with E-state index in [0.29, 0.717) is 13.2 Å². The van der Waals surface area contributed by atoms with Gasteiger partial charge in [0.05, 0.1) is 6.10 Å². The van der Waals surface area contributed by atoms with Crippen LogP contribution >= 0.6 is 0 Å². The molecule has 3 atom stereocenters. The van der Waals surface area contributed by atoms with Crippen LogP contribution in [0.25, 0.3) is 0 Å². The molecule has 0 bridgehead atoms. The largest absolute Gasteiger partial charge is 0.385 e. The van der Waals surface area contributed by atoms with Gasteiger partial charge in [-0.1, -0.05) is 13.8 Å². The summed E-state index contributed by atoms with van der Waals surface area (Å²) in [7, 11) is 1.66. The van der Waals surface area contributed by atoms with Gasteiger partial charge in [-0.3, -0.25) is 4.79 Å². The highest BCUT2D eigenvalue weighted by atomic mass is 16.5. The average Bonchev–Trinajstić information content (AvgIpc) is 2.42. The summed E-state index contributed by atoms with van der Waals surface area (Å²) in [5.41, 5.74) is 5.37. The smallest absolute Gasteiger partial charge is 0.241 e.